The monoisotopic (exact) mass is 261 g/mol. The van der Waals surface area contributed by atoms with Gasteiger partial charge < -0.3 is 10.2 Å². The van der Waals surface area contributed by atoms with E-state index in [0.29, 0.717) is 25.9 Å². The second-order valence-electron chi connectivity index (χ2n) is 3.95. The molecule has 0 aromatic heterocycles. The topological polar surface area (TPSA) is 78.5 Å². The van der Waals surface area contributed by atoms with Crippen LogP contribution in [-0.4, -0.2) is 47.8 Å². The molecule has 2 N–H and O–H groups in total. The zero-order valence-corrected chi connectivity index (χ0v) is 10.4. The van der Waals surface area contributed by atoms with Crippen LogP contribution in [0.3, 0.4) is 0 Å². The summed E-state index contributed by atoms with van der Waals surface area (Å²) < 4.78 is 0. The van der Waals surface area contributed by atoms with Crippen LogP contribution < -0.4 is 10.6 Å². The largest absolute Gasteiger partial charge is 0.353 e. The molecule has 6 nitrogen and oxygen atoms in total. The molecule has 0 aliphatic carbocycles. The molecule has 1 rings (SSSR count). The molecule has 0 bridgehead atoms. The van der Waals surface area contributed by atoms with Crippen LogP contribution in [0.15, 0.2) is 0 Å². The zero-order chi connectivity index (χ0) is 12.8. The first-order chi connectivity index (χ1) is 8.02. The zero-order valence-electron chi connectivity index (χ0n) is 9.66. The molecule has 96 valence electrons. The summed E-state index contributed by atoms with van der Waals surface area (Å²) in [7, 11) is 0. The van der Waals surface area contributed by atoms with E-state index >= 15 is 0 Å². The first-order valence-electron chi connectivity index (χ1n) is 5.44. The molecule has 7 heteroatoms. The number of halogens is 1. The maximum Gasteiger partial charge on any atom is 0.324 e. The maximum atomic E-state index is 11.5. The number of urea groups is 1. The Morgan fingerprint density at radius 2 is 1.88 bits per heavy atom. The highest BCUT2D eigenvalue weighted by Gasteiger charge is 2.23. The third kappa shape index (κ3) is 4.60. The van der Waals surface area contributed by atoms with Gasteiger partial charge in [0, 0.05) is 26.1 Å². The third-order valence-corrected chi connectivity index (χ3v) is 2.80. The van der Waals surface area contributed by atoms with E-state index in [2.05, 4.69) is 10.6 Å². The van der Waals surface area contributed by atoms with Gasteiger partial charge in [0.1, 0.15) is 5.88 Å². The van der Waals surface area contributed by atoms with E-state index in [0.717, 1.165) is 0 Å². The third-order valence-electron chi connectivity index (χ3n) is 2.56. The number of nitrogens with zero attached hydrogens (tertiary/aromatic N) is 1. The standard InChI is InChI=1S/C10H16ClN3O3/c1-7(15)12-8-2-4-14(5-3-8)10(17)13-9(16)6-11/h8H,2-6H2,1H3,(H,12,15)(H,13,16,17). The predicted molar refractivity (Wildman–Crippen MR) is 62.7 cm³/mol. The molecule has 1 aliphatic heterocycles. The van der Waals surface area contributed by atoms with Gasteiger partial charge in [-0.25, -0.2) is 4.79 Å². The van der Waals surface area contributed by atoms with Gasteiger partial charge in [-0.05, 0) is 12.8 Å². The van der Waals surface area contributed by atoms with Crippen LogP contribution in [0.1, 0.15) is 19.8 Å². The van der Waals surface area contributed by atoms with Gasteiger partial charge in [0.25, 0.3) is 0 Å². The van der Waals surface area contributed by atoms with E-state index in [1.54, 1.807) is 4.90 Å². The number of hydrogen-bond acceptors (Lipinski definition) is 3. The number of carbonyl (C=O) groups excluding carboxylic acids is 3. The number of amides is 4. The fourth-order valence-electron chi connectivity index (χ4n) is 1.75. The number of alkyl halides is 1. The van der Waals surface area contributed by atoms with Crippen LogP contribution in [0.2, 0.25) is 0 Å². The minimum absolute atomic E-state index is 0.0646. The number of imide groups is 1. The van der Waals surface area contributed by atoms with E-state index in [1.165, 1.54) is 6.92 Å². The molecule has 17 heavy (non-hydrogen) atoms. The lowest BCUT2D eigenvalue weighted by Gasteiger charge is -2.31. The first kappa shape index (κ1) is 13.8. The molecule has 4 amide bonds. The summed E-state index contributed by atoms with van der Waals surface area (Å²) in [5.74, 6) is -0.792. The van der Waals surface area contributed by atoms with Crippen molar-refractivity contribution in [3.8, 4) is 0 Å². The summed E-state index contributed by atoms with van der Waals surface area (Å²) in [6, 6.07) is -0.308. The Morgan fingerprint density at radius 1 is 1.29 bits per heavy atom. The van der Waals surface area contributed by atoms with Crippen LogP contribution in [0, 0.1) is 0 Å². The second-order valence-corrected chi connectivity index (χ2v) is 4.22. The number of piperidine rings is 1. The highest BCUT2D eigenvalue weighted by Crippen LogP contribution is 2.10. The molecule has 0 saturated carbocycles. The normalized spacial score (nSPS) is 16.5. The Kier molecular flexibility index (Phi) is 5.21. The van der Waals surface area contributed by atoms with E-state index in [9.17, 15) is 14.4 Å². The molecule has 0 spiro atoms. The van der Waals surface area contributed by atoms with Gasteiger partial charge in [-0.2, -0.15) is 0 Å². The summed E-state index contributed by atoms with van der Waals surface area (Å²) in [6.45, 7) is 2.51. The van der Waals surface area contributed by atoms with E-state index < -0.39 is 11.9 Å². The molecule has 1 fully saturated rings. The van der Waals surface area contributed by atoms with Crippen molar-refractivity contribution in [2.45, 2.75) is 25.8 Å². The summed E-state index contributed by atoms with van der Waals surface area (Å²) in [5, 5.41) is 4.99. The average molecular weight is 262 g/mol. The van der Waals surface area contributed by atoms with Gasteiger partial charge in [0.15, 0.2) is 0 Å². The predicted octanol–water partition coefficient (Wildman–Crippen LogP) is 0.0619. The number of carbonyl (C=O) groups is 3. The smallest absolute Gasteiger partial charge is 0.324 e. The quantitative estimate of drug-likeness (QED) is 0.690. The van der Waals surface area contributed by atoms with Gasteiger partial charge in [-0.1, -0.05) is 0 Å². The van der Waals surface area contributed by atoms with Crippen molar-refractivity contribution in [1.82, 2.24) is 15.5 Å². The number of hydrogen-bond donors (Lipinski definition) is 2. The van der Waals surface area contributed by atoms with Crippen molar-refractivity contribution in [2.24, 2.45) is 0 Å². The Bertz CT molecular complexity index is 314. The van der Waals surface area contributed by atoms with E-state index in [4.69, 9.17) is 11.6 Å². The average Bonchev–Trinajstić information content (AvgIpc) is 2.28. The van der Waals surface area contributed by atoms with Crippen LogP contribution in [0.25, 0.3) is 0 Å². The van der Waals surface area contributed by atoms with Gasteiger partial charge in [-0.15, -0.1) is 11.6 Å². The van der Waals surface area contributed by atoms with Crippen molar-refractivity contribution >= 4 is 29.4 Å². The highest BCUT2D eigenvalue weighted by molar-refractivity contribution is 6.28. The Morgan fingerprint density at radius 3 is 2.35 bits per heavy atom. The lowest BCUT2D eigenvalue weighted by atomic mass is 10.1. The van der Waals surface area contributed by atoms with Gasteiger partial charge in [-0.3, -0.25) is 14.9 Å². The fraction of sp³-hybridized carbons (Fsp3) is 0.700. The molecular formula is C10H16ClN3O3. The minimum atomic E-state index is -0.499. The van der Waals surface area contributed by atoms with Crippen LogP contribution in [0.4, 0.5) is 4.79 Å². The van der Waals surface area contributed by atoms with E-state index in [1.807, 2.05) is 0 Å². The summed E-state index contributed by atoms with van der Waals surface area (Å²) >= 11 is 5.29. The first-order valence-corrected chi connectivity index (χ1v) is 5.98. The molecule has 0 radical (unpaired) electrons. The lowest BCUT2D eigenvalue weighted by Crippen LogP contribution is -2.50. The molecule has 1 saturated heterocycles. The van der Waals surface area contributed by atoms with Crippen LogP contribution in [-0.2, 0) is 9.59 Å². The molecule has 1 aliphatic rings. The number of likely N-dealkylation sites (tertiary alicyclic amines) is 1. The molecule has 0 aromatic rings. The maximum absolute atomic E-state index is 11.5. The van der Waals surface area contributed by atoms with E-state index in [-0.39, 0.29) is 17.8 Å². The lowest BCUT2D eigenvalue weighted by molar-refractivity contribution is -0.120. The molecule has 1 heterocycles. The van der Waals surface area contributed by atoms with Crippen molar-refractivity contribution in [3.05, 3.63) is 0 Å². The Labute approximate surface area is 105 Å². The van der Waals surface area contributed by atoms with Crippen molar-refractivity contribution in [2.75, 3.05) is 19.0 Å². The Balaban J connectivity index is 2.33. The second kappa shape index (κ2) is 6.44. The molecule has 0 aromatic carbocycles. The van der Waals surface area contributed by atoms with Crippen LogP contribution >= 0.6 is 11.6 Å². The molecule has 0 atom stereocenters. The summed E-state index contributed by atoms with van der Waals surface area (Å²) in [5.41, 5.74) is 0. The van der Waals surface area contributed by atoms with Gasteiger partial charge in [0.2, 0.25) is 11.8 Å². The highest BCUT2D eigenvalue weighted by atomic mass is 35.5. The SMILES string of the molecule is CC(=O)NC1CCN(C(=O)NC(=O)CCl)CC1. The van der Waals surface area contributed by atoms with Gasteiger partial charge in [0.05, 0.1) is 0 Å². The minimum Gasteiger partial charge on any atom is -0.353 e. The van der Waals surface area contributed by atoms with Crippen molar-refractivity contribution in [3.63, 3.8) is 0 Å². The number of nitrogens with one attached hydrogen (secondary N) is 2. The Hall–Kier alpha value is -1.30. The van der Waals surface area contributed by atoms with Crippen molar-refractivity contribution in [1.29, 1.82) is 0 Å². The van der Waals surface area contributed by atoms with Gasteiger partial charge >= 0.3 is 6.03 Å². The molecule has 0 unspecified atom stereocenters. The van der Waals surface area contributed by atoms with Crippen LogP contribution in [0.5, 0.6) is 0 Å². The summed E-state index contributed by atoms with van der Waals surface area (Å²) in [6.07, 6.45) is 1.39. The fourth-order valence-corrected chi connectivity index (χ4v) is 1.81. The molecular weight excluding hydrogens is 246 g/mol. The number of rotatable bonds is 2. The summed E-state index contributed by atoms with van der Waals surface area (Å²) in [4.78, 5) is 34.9. The van der Waals surface area contributed by atoms with Crippen molar-refractivity contribution < 1.29 is 14.4 Å².